The summed E-state index contributed by atoms with van der Waals surface area (Å²) in [5.74, 6) is -2.38. The normalized spacial score (nSPS) is 17.1. The third kappa shape index (κ3) is 3.83. The fourth-order valence-electron chi connectivity index (χ4n) is 2.89. The lowest BCUT2D eigenvalue weighted by atomic mass is 9.88. The standard InChI is InChI=1S/C17H11ClF3NO5S/c1-6-7(5-11(23)24)13-9(22-6)4-8(16(26)14(13)18)15(25)10-2-3-12(28-10)27-17(19,20)21/h2-3,26H,4-5H2,1H3,(H,23,24). The smallest absolute Gasteiger partial charge is 0.506 e. The van der Waals surface area contributed by atoms with Crippen LogP contribution in [0.5, 0.6) is 5.06 Å². The van der Waals surface area contributed by atoms with E-state index in [0.29, 0.717) is 28.3 Å². The first-order valence-electron chi connectivity index (χ1n) is 7.70. The van der Waals surface area contributed by atoms with Gasteiger partial charge >= 0.3 is 12.3 Å². The van der Waals surface area contributed by atoms with Crippen LogP contribution < -0.4 is 4.74 Å². The van der Waals surface area contributed by atoms with Crippen molar-refractivity contribution >= 4 is 40.4 Å². The first-order valence-corrected chi connectivity index (χ1v) is 8.89. The van der Waals surface area contributed by atoms with Crippen LogP contribution in [0.4, 0.5) is 13.2 Å². The van der Waals surface area contributed by atoms with Gasteiger partial charge in [-0.3, -0.25) is 14.6 Å². The number of carbonyl (C=O) groups is 2. The first-order chi connectivity index (χ1) is 13.0. The number of hydrogen-bond donors (Lipinski definition) is 2. The molecule has 0 aromatic carbocycles. The predicted molar refractivity (Wildman–Crippen MR) is 94.9 cm³/mol. The summed E-state index contributed by atoms with van der Waals surface area (Å²) >= 11 is 6.65. The van der Waals surface area contributed by atoms with Crippen LogP contribution in [0.2, 0.25) is 0 Å². The molecule has 0 fully saturated rings. The van der Waals surface area contributed by atoms with Crippen molar-refractivity contribution in [1.29, 1.82) is 0 Å². The number of aliphatic hydroxyl groups is 1. The quantitative estimate of drug-likeness (QED) is 0.654. The van der Waals surface area contributed by atoms with Crippen molar-refractivity contribution in [3.05, 3.63) is 50.2 Å². The third-order valence-electron chi connectivity index (χ3n) is 4.01. The topological polar surface area (TPSA) is 96.2 Å². The summed E-state index contributed by atoms with van der Waals surface area (Å²) in [6, 6.07) is 2.15. The summed E-state index contributed by atoms with van der Waals surface area (Å²) in [6.07, 6.45) is -5.38. The molecule has 0 unspecified atom stereocenters. The lowest BCUT2D eigenvalue weighted by Gasteiger charge is -2.19. The number of halogens is 4. The van der Waals surface area contributed by atoms with E-state index in [4.69, 9.17) is 16.7 Å². The van der Waals surface area contributed by atoms with Gasteiger partial charge in [-0.25, -0.2) is 0 Å². The zero-order valence-corrected chi connectivity index (χ0v) is 15.6. The highest BCUT2D eigenvalue weighted by atomic mass is 35.5. The van der Waals surface area contributed by atoms with Gasteiger partial charge in [-0.05, 0) is 24.6 Å². The highest BCUT2D eigenvalue weighted by molar-refractivity contribution is 7.16. The monoisotopic (exact) mass is 433 g/mol. The maximum absolute atomic E-state index is 12.7. The number of hydrogen-bond acceptors (Lipinski definition) is 6. The molecule has 1 aromatic heterocycles. The minimum absolute atomic E-state index is 0.0808. The zero-order valence-electron chi connectivity index (χ0n) is 14.1. The third-order valence-corrected chi connectivity index (χ3v) is 5.34. The molecule has 1 aliphatic heterocycles. The number of nitrogens with zero attached hydrogens (tertiary/aromatic N) is 1. The molecular weight excluding hydrogens is 423 g/mol. The van der Waals surface area contributed by atoms with Crippen molar-refractivity contribution < 1.29 is 37.7 Å². The van der Waals surface area contributed by atoms with Crippen LogP contribution in [0.15, 0.2) is 50.3 Å². The molecule has 3 rings (SSSR count). The molecule has 0 bridgehead atoms. The molecule has 148 valence electrons. The Hall–Kier alpha value is -2.59. The Kier molecular flexibility index (Phi) is 5.11. The van der Waals surface area contributed by atoms with Gasteiger partial charge in [-0.15, -0.1) is 13.2 Å². The lowest BCUT2D eigenvalue weighted by molar-refractivity contribution is -0.273. The van der Waals surface area contributed by atoms with E-state index in [1.165, 1.54) is 0 Å². The van der Waals surface area contributed by atoms with Crippen LogP contribution in [0.3, 0.4) is 0 Å². The van der Waals surface area contributed by atoms with Crippen molar-refractivity contribution in [3.63, 3.8) is 0 Å². The Morgan fingerprint density at radius 2 is 2.04 bits per heavy atom. The van der Waals surface area contributed by atoms with Crippen molar-refractivity contribution in [1.82, 2.24) is 0 Å². The number of rotatable bonds is 5. The van der Waals surface area contributed by atoms with E-state index in [1.807, 2.05) is 0 Å². The molecule has 0 saturated heterocycles. The van der Waals surface area contributed by atoms with Crippen LogP contribution >= 0.6 is 22.9 Å². The molecule has 0 atom stereocenters. The van der Waals surface area contributed by atoms with Gasteiger partial charge in [0.05, 0.1) is 27.6 Å². The average Bonchev–Trinajstić information content (AvgIpc) is 3.13. The molecule has 6 nitrogen and oxygen atoms in total. The fraction of sp³-hybridized carbons (Fsp3) is 0.235. The lowest BCUT2D eigenvalue weighted by Crippen LogP contribution is -2.18. The molecule has 11 heteroatoms. The number of carboxylic acid groups (broad SMARTS) is 1. The second-order valence-electron chi connectivity index (χ2n) is 5.88. The number of carboxylic acids is 1. The maximum atomic E-state index is 12.7. The molecule has 0 saturated carbocycles. The van der Waals surface area contributed by atoms with E-state index in [1.54, 1.807) is 6.92 Å². The van der Waals surface area contributed by atoms with Crippen LogP contribution in [-0.2, 0) is 4.79 Å². The second kappa shape index (κ2) is 7.10. The summed E-state index contributed by atoms with van der Waals surface area (Å²) in [7, 11) is 0. The number of aliphatic carboxylic acids is 1. The average molecular weight is 434 g/mol. The number of fused-ring (bicyclic) bond motifs is 1. The molecule has 28 heavy (non-hydrogen) atoms. The molecule has 0 spiro atoms. The van der Waals surface area contributed by atoms with Gasteiger partial charge in [-0.1, -0.05) is 22.9 Å². The van der Waals surface area contributed by atoms with Crippen molar-refractivity contribution in [2.75, 3.05) is 0 Å². The molecule has 0 radical (unpaired) electrons. The molecule has 1 aliphatic carbocycles. The van der Waals surface area contributed by atoms with Crippen molar-refractivity contribution in [3.8, 4) is 5.06 Å². The molecular formula is C17H11ClF3NO5S. The number of aliphatic hydroxyl groups excluding tert-OH is 1. The van der Waals surface area contributed by atoms with E-state index in [9.17, 15) is 27.9 Å². The minimum Gasteiger partial charge on any atom is -0.506 e. The molecule has 2 aliphatic rings. The van der Waals surface area contributed by atoms with Crippen molar-refractivity contribution in [2.45, 2.75) is 26.1 Å². The largest absolute Gasteiger partial charge is 0.573 e. The molecule has 1 aromatic rings. The Morgan fingerprint density at radius 3 is 2.64 bits per heavy atom. The zero-order chi connectivity index (χ0) is 20.8. The number of Topliss-reactive ketones (excluding diaryl/α,β-unsaturated/α-hetero) is 1. The number of carbonyl (C=O) groups excluding carboxylic acids is 1. The number of thiophene rings is 1. The summed E-state index contributed by atoms with van der Waals surface area (Å²) in [5, 5.41) is 18.7. The Morgan fingerprint density at radius 1 is 1.36 bits per heavy atom. The predicted octanol–water partition coefficient (Wildman–Crippen LogP) is 4.74. The van der Waals surface area contributed by atoms with E-state index < -0.39 is 28.9 Å². The first kappa shape index (κ1) is 20.2. The number of ether oxygens (including phenoxy) is 1. The van der Waals surface area contributed by atoms with Crippen LogP contribution in [-0.4, -0.2) is 34.0 Å². The summed E-state index contributed by atoms with van der Waals surface area (Å²) in [4.78, 5) is 27.9. The number of allylic oxidation sites excluding steroid dienone is 4. The SMILES string of the molecule is CC1=C(CC(=O)O)C2=C(Cl)C(O)=C(C(=O)c3ccc(OC(F)(F)F)s3)CC2=N1. The van der Waals surface area contributed by atoms with E-state index in [2.05, 4.69) is 9.73 Å². The summed E-state index contributed by atoms with van der Waals surface area (Å²) in [5.41, 5.74) is 1.19. The molecule has 2 N–H and O–H groups in total. The molecule has 0 amide bonds. The Bertz CT molecular complexity index is 1020. The van der Waals surface area contributed by atoms with E-state index in [0.717, 1.165) is 12.1 Å². The van der Waals surface area contributed by atoms with Crippen molar-refractivity contribution in [2.24, 2.45) is 4.99 Å². The van der Waals surface area contributed by atoms with Gasteiger partial charge in [0.15, 0.2) is 5.06 Å². The van der Waals surface area contributed by atoms with Gasteiger partial charge in [0.2, 0.25) is 5.78 Å². The maximum Gasteiger partial charge on any atom is 0.573 e. The van der Waals surface area contributed by atoms with Crippen LogP contribution in [0.25, 0.3) is 0 Å². The number of alkyl halides is 3. The van der Waals surface area contributed by atoms with Gasteiger partial charge in [0, 0.05) is 17.7 Å². The minimum atomic E-state index is -4.89. The summed E-state index contributed by atoms with van der Waals surface area (Å²) < 4.78 is 40.7. The van der Waals surface area contributed by atoms with E-state index in [-0.39, 0.29) is 33.9 Å². The molecule has 2 heterocycles. The van der Waals surface area contributed by atoms with Gasteiger partial charge in [-0.2, -0.15) is 0 Å². The van der Waals surface area contributed by atoms with Gasteiger partial charge < -0.3 is 14.9 Å². The Balaban J connectivity index is 1.94. The van der Waals surface area contributed by atoms with Crippen LogP contribution in [0, 0.1) is 0 Å². The highest BCUT2D eigenvalue weighted by Crippen LogP contribution is 2.42. The summed E-state index contributed by atoms with van der Waals surface area (Å²) in [6.45, 7) is 1.58. The second-order valence-corrected chi connectivity index (χ2v) is 7.31. The van der Waals surface area contributed by atoms with Gasteiger partial charge in [0.25, 0.3) is 0 Å². The highest BCUT2D eigenvalue weighted by Gasteiger charge is 2.36. The van der Waals surface area contributed by atoms with Crippen LogP contribution in [0.1, 0.15) is 29.4 Å². The fourth-order valence-corrected chi connectivity index (χ4v) is 4.06. The Labute approximate surface area is 164 Å². The van der Waals surface area contributed by atoms with Gasteiger partial charge in [0.1, 0.15) is 5.76 Å². The number of ketones is 1. The number of aliphatic imine (C=N–C) groups is 1. The van der Waals surface area contributed by atoms with E-state index >= 15 is 0 Å².